The summed E-state index contributed by atoms with van der Waals surface area (Å²) in [6.45, 7) is 4.64. The highest BCUT2D eigenvalue weighted by Crippen LogP contribution is 2.29. The molecule has 3 saturated heterocycles. The summed E-state index contributed by atoms with van der Waals surface area (Å²) in [4.78, 5) is 5.12. The zero-order chi connectivity index (χ0) is 8.84. The first-order valence-corrected chi connectivity index (χ1v) is 5.49. The molecule has 0 radical (unpaired) electrons. The van der Waals surface area contributed by atoms with Crippen molar-refractivity contribution in [2.45, 2.75) is 37.5 Å². The molecule has 3 atom stereocenters. The Bertz CT molecular complexity index is 189. The molecule has 1 N–H and O–H groups in total. The van der Waals surface area contributed by atoms with Crippen LogP contribution in [0, 0.1) is 0 Å². The number of aliphatic hydroxyl groups is 1. The van der Waals surface area contributed by atoms with E-state index in [1.54, 1.807) is 0 Å². The molecule has 3 heterocycles. The molecule has 3 aliphatic rings. The zero-order valence-electron chi connectivity index (χ0n) is 8.02. The first-order chi connectivity index (χ1) is 6.33. The van der Waals surface area contributed by atoms with E-state index in [1.807, 2.05) is 0 Å². The molecule has 0 bridgehead atoms. The second-order valence-corrected chi connectivity index (χ2v) is 4.79. The molecule has 0 aromatic carbocycles. The van der Waals surface area contributed by atoms with Gasteiger partial charge in [-0.05, 0) is 25.8 Å². The number of aliphatic hydroxyl groups excluding tert-OH is 1. The fraction of sp³-hybridized carbons (Fsp3) is 1.00. The molecule has 3 rings (SSSR count). The predicted octanol–water partition coefficient (Wildman–Crippen LogP) is -0.100. The first kappa shape index (κ1) is 8.21. The van der Waals surface area contributed by atoms with Gasteiger partial charge >= 0.3 is 0 Å². The Kier molecular flexibility index (Phi) is 1.86. The van der Waals surface area contributed by atoms with E-state index in [1.165, 1.54) is 32.5 Å². The van der Waals surface area contributed by atoms with Gasteiger partial charge in [0.2, 0.25) is 0 Å². The van der Waals surface area contributed by atoms with E-state index < -0.39 is 0 Å². The summed E-state index contributed by atoms with van der Waals surface area (Å²) < 4.78 is 0. The van der Waals surface area contributed by atoms with Crippen LogP contribution in [0.1, 0.15) is 19.3 Å². The third-order valence-electron chi connectivity index (χ3n) is 3.90. The van der Waals surface area contributed by atoms with Crippen LogP contribution in [0.2, 0.25) is 0 Å². The Morgan fingerprint density at radius 2 is 1.85 bits per heavy atom. The van der Waals surface area contributed by atoms with Crippen LogP contribution >= 0.6 is 0 Å². The van der Waals surface area contributed by atoms with Crippen LogP contribution in [-0.2, 0) is 0 Å². The summed E-state index contributed by atoms with van der Waals surface area (Å²) in [5, 5.41) is 9.56. The predicted molar refractivity (Wildman–Crippen MR) is 50.6 cm³/mol. The molecular formula is C10H18N2O. The molecule has 13 heavy (non-hydrogen) atoms. The Hall–Kier alpha value is -0.120. The minimum atomic E-state index is -0.0509. The number of fused-ring (bicyclic) bond motifs is 2. The third kappa shape index (κ3) is 1.30. The van der Waals surface area contributed by atoms with E-state index in [9.17, 15) is 5.11 Å². The van der Waals surface area contributed by atoms with E-state index in [0.29, 0.717) is 6.04 Å². The SMILES string of the molecule is O[C@@H]1C[C@H]2CN3CCC[C@@H]3CN2C1. The van der Waals surface area contributed by atoms with Gasteiger partial charge in [0.05, 0.1) is 6.10 Å². The van der Waals surface area contributed by atoms with Crippen molar-refractivity contribution in [3.63, 3.8) is 0 Å². The van der Waals surface area contributed by atoms with Crippen LogP contribution in [0.5, 0.6) is 0 Å². The van der Waals surface area contributed by atoms with Crippen LogP contribution in [0.3, 0.4) is 0 Å². The number of piperazine rings is 1. The topological polar surface area (TPSA) is 26.7 Å². The van der Waals surface area contributed by atoms with E-state index in [2.05, 4.69) is 9.80 Å². The lowest BCUT2D eigenvalue weighted by Gasteiger charge is -2.39. The molecule has 0 aliphatic carbocycles. The molecule has 3 fully saturated rings. The van der Waals surface area contributed by atoms with E-state index in [-0.39, 0.29) is 6.10 Å². The van der Waals surface area contributed by atoms with Crippen molar-refractivity contribution in [3.05, 3.63) is 0 Å². The van der Waals surface area contributed by atoms with Crippen LogP contribution in [0.25, 0.3) is 0 Å². The van der Waals surface area contributed by atoms with Gasteiger partial charge in [0.15, 0.2) is 0 Å². The van der Waals surface area contributed by atoms with Crippen LogP contribution in [0.4, 0.5) is 0 Å². The summed E-state index contributed by atoms with van der Waals surface area (Å²) in [5.41, 5.74) is 0. The van der Waals surface area contributed by atoms with Crippen LogP contribution < -0.4 is 0 Å². The monoisotopic (exact) mass is 182 g/mol. The van der Waals surface area contributed by atoms with Gasteiger partial charge < -0.3 is 5.11 Å². The molecule has 0 aromatic rings. The molecule has 3 nitrogen and oxygen atoms in total. The molecule has 3 heteroatoms. The molecule has 0 aromatic heterocycles. The van der Waals surface area contributed by atoms with E-state index >= 15 is 0 Å². The van der Waals surface area contributed by atoms with Crippen LogP contribution in [-0.4, -0.2) is 59.3 Å². The summed E-state index contributed by atoms with van der Waals surface area (Å²) in [6, 6.07) is 1.46. The largest absolute Gasteiger partial charge is 0.392 e. The molecule has 0 spiro atoms. The first-order valence-electron chi connectivity index (χ1n) is 5.49. The standard InChI is InChI=1S/C10H18N2O/c13-10-4-9-6-11-3-1-2-8(11)5-12(9)7-10/h8-10,13H,1-7H2/t8-,9+,10-/m1/s1. The van der Waals surface area contributed by atoms with Gasteiger partial charge in [-0.25, -0.2) is 0 Å². The maximum atomic E-state index is 9.56. The van der Waals surface area contributed by atoms with Gasteiger partial charge in [-0.15, -0.1) is 0 Å². The highest BCUT2D eigenvalue weighted by Gasteiger charge is 2.40. The lowest BCUT2D eigenvalue weighted by Crippen LogP contribution is -2.53. The van der Waals surface area contributed by atoms with Crippen LogP contribution in [0.15, 0.2) is 0 Å². The lowest BCUT2D eigenvalue weighted by molar-refractivity contribution is 0.0768. The third-order valence-corrected chi connectivity index (χ3v) is 3.90. The Balaban J connectivity index is 1.73. The van der Waals surface area contributed by atoms with Crippen molar-refractivity contribution in [1.82, 2.24) is 9.80 Å². The van der Waals surface area contributed by atoms with E-state index in [0.717, 1.165) is 19.0 Å². The second kappa shape index (κ2) is 2.94. The summed E-state index contributed by atoms with van der Waals surface area (Å²) in [6.07, 6.45) is 3.71. The van der Waals surface area contributed by atoms with Crippen molar-refractivity contribution in [3.8, 4) is 0 Å². The highest BCUT2D eigenvalue weighted by atomic mass is 16.3. The number of hydrogen-bond acceptors (Lipinski definition) is 3. The minimum Gasteiger partial charge on any atom is -0.392 e. The molecule has 0 unspecified atom stereocenters. The molecule has 0 amide bonds. The van der Waals surface area contributed by atoms with Gasteiger partial charge in [-0.2, -0.15) is 0 Å². The summed E-state index contributed by atoms with van der Waals surface area (Å²) in [7, 11) is 0. The molecule has 0 saturated carbocycles. The van der Waals surface area contributed by atoms with Gasteiger partial charge in [-0.3, -0.25) is 9.80 Å². The fourth-order valence-electron chi connectivity index (χ4n) is 3.25. The van der Waals surface area contributed by atoms with Crippen molar-refractivity contribution >= 4 is 0 Å². The molecule has 74 valence electrons. The average molecular weight is 182 g/mol. The fourth-order valence-corrected chi connectivity index (χ4v) is 3.25. The second-order valence-electron chi connectivity index (χ2n) is 4.79. The van der Waals surface area contributed by atoms with Crippen molar-refractivity contribution in [2.24, 2.45) is 0 Å². The smallest absolute Gasteiger partial charge is 0.0682 e. The Morgan fingerprint density at radius 1 is 1.00 bits per heavy atom. The quantitative estimate of drug-likeness (QED) is 0.567. The summed E-state index contributed by atoms with van der Waals surface area (Å²) in [5.74, 6) is 0. The molecule has 3 aliphatic heterocycles. The van der Waals surface area contributed by atoms with Gasteiger partial charge in [0.25, 0.3) is 0 Å². The highest BCUT2D eigenvalue weighted by molar-refractivity contribution is 4.97. The van der Waals surface area contributed by atoms with Crippen molar-refractivity contribution in [2.75, 3.05) is 26.2 Å². The average Bonchev–Trinajstić information content (AvgIpc) is 2.63. The Morgan fingerprint density at radius 3 is 2.77 bits per heavy atom. The van der Waals surface area contributed by atoms with Crippen molar-refractivity contribution < 1.29 is 5.11 Å². The number of hydrogen-bond donors (Lipinski definition) is 1. The van der Waals surface area contributed by atoms with Gasteiger partial charge in [0.1, 0.15) is 0 Å². The number of rotatable bonds is 0. The van der Waals surface area contributed by atoms with Gasteiger partial charge in [0, 0.05) is 31.7 Å². The van der Waals surface area contributed by atoms with Gasteiger partial charge in [-0.1, -0.05) is 0 Å². The maximum Gasteiger partial charge on any atom is 0.0682 e. The minimum absolute atomic E-state index is 0.0509. The number of nitrogens with zero attached hydrogens (tertiary/aromatic N) is 2. The van der Waals surface area contributed by atoms with E-state index in [4.69, 9.17) is 0 Å². The normalized spacial score (nSPS) is 46.4. The van der Waals surface area contributed by atoms with Crippen molar-refractivity contribution in [1.29, 1.82) is 0 Å². The zero-order valence-corrected chi connectivity index (χ0v) is 8.02. The molecular weight excluding hydrogens is 164 g/mol. The maximum absolute atomic E-state index is 9.56. The summed E-state index contributed by atoms with van der Waals surface area (Å²) >= 11 is 0. The Labute approximate surface area is 79.3 Å². The lowest BCUT2D eigenvalue weighted by atomic mass is 10.1.